The number of amides is 1. The van der Waals surface area contributed by atoms with Crippen molar-refractivity contribution in [3.05, 3.63) is 0 Å². The molecule has 3 nitrogen and oxygen atoms in total. The van der Waals surface area contributed by atoms with Gasteiger partial charge in [0.05, 0.1) is 0 Å². The quantitative estimate of drug-likeness (QED) is 0.861. The van der Waals surface area contributed by atoms with Crippen molar-refractivity contribution in [2.45, 2.75) is 64.3 Å². The maximum atomic E-state index is 12.6. The Morgan fingerprint density at radius 1 is 1.20 bits per heavy atom. The molecule has 1 saturated carbocycles. The zero-order chi connectivity index (χ0) is 13.9. The largest absolute Gasteiger partial charge is 0.339 e. The van der Waals surface area contributed by atoms with Gasteiger partial charge in [-0.1, -0.05) is 19.8 Å². The van der Waals surface area contributed by atoms with Crippen LogP contribution in [0.15, 0.2) is 0 Å². The number of likely N-dealkylation sites (tertiary alicyclic amines) is 1. The van der Waals surface area contributed by atoms with E-state index >= 15 is 0 Å². The maximum absolute atomic E-state index is 12.6. The second-order valence-electron chi connectivity index (χ2n) is 7.27. The number of carbonyl (C=O) groups is 1. The molecule has 0 bridgehead atoms. The summed E-state index contributed by atoms with van der Waals surface area (Å²) in [5, 5.41) is 3.40. The van der Waals surface area contributed by atoms with Gasteiger partial charge in [0.25, 0.3) is 0 Å². The van der Waals surface area contributed by atoms with E-state index in [-0.39, 0.29) is 0 Å². The van der Waals surface area contributed by atoms with E-state index in [1.807, 2.05) is 0 Å². The molecule has 2 saturated heterocycles. The van der Waals surface area contributed by atoms with Crippen molar-refractivity contribution in [3.63, 3.8) is 0 Å². The molecule has 2 heterocycles. The summed E-state index contributed by atoms with van der Waals surface area (Å²) in [6, 6.07) is 0.571. The summed E-state index contributed by atoms with van der Waals surface area (Å²) < 4.78 is 0. The highest BCUT2D eigenvalue weighted by atomic mass is 16.2. The van der Waals surface area contributed by atoms with Crippen LogP contribution in [0.3, 0.4) is 0 Å². The Kier molecular flexibility index (Phi) is 4.65. The number of rotatable bonds is 3. The Balaban J connectivity index is 1.55. The molecular formula is C17H30N2O. The smallest absolute Gasteiger partial charge is 0.222 e. The molecule has 0 aromatic heterocycles. The van der Waals surface area contributed by atoms with E-state index in [0.717, 1.165) is 50.2 Å². The number of nitrogens with one attached hydrogen (secondary N) is 1. The molecule has 0 aromatic carbocycles. The van der Waals surface area contributed by atoms with Crippen LogP contribution in [0.2, 0.25) is 0 Å². The van der Waals surface area contributed by atoms with Gasteiger partial charge in [-0.2, -0.15) is 0 Å². The van der Waals surface area contributed by atoms with Gasteiger partial charge >= 0.3 is 0 Å². The first-order valence-corrected chi connectivity index (χ1v) is 8.76. The van der Waals surface area contributed by atoms with Gasteiger partial charge in [0.1, 0.15) is 0 Å². The van der Waals surface area contributed by atoms with Gasteiger partial charge in [-0.05, 0) is 62.9 Å². The molecule has 0 aromatic rings. The van der Waals surface area contributed by atoms with Crippen molar-refractivity contribution >= 4 is 5.91 Å². The van der Waals surface area contributed by atoms with Crippen LogP contribution in [0.5, 0.6) is 0 Å². The highest BCUT2D eigenvalue weighted by molar-refractivity contribution is 5.76. The number of carbonyl (C=O) groups excluding carboxylic acids is 1. The van der Waals surface area contributed by atoms with Gasteiger partial charge in [-0.15, -0.1) is 0 Å². The third-order valence-electron chi connectivity index (χ3n) is 5.99. The summed E-state index contributed by atoms with van der Waals surface area (Å²) in [6.45, 7) is 5.68. The van der Waals surface area contributed by atoms with E-state index in [4.69, 9.17) is 0 Å². The minimum atomic E-state index is 0.445. The monoisotopic (exact) mass is 278 g/mol. The molecule has 1 amide bonds. The Bertz CT molecular complexity index is 338. The zero-order valence-corrected chi connectivity index (χ0v) is 12.9. The average molecular weight is 278 g/mol. The Hall–Kier alpha value is -0.570. The predicted octanol–water partition coefficient (Wildman–Crippen LogP) is 2.80. The van der Waals surface area contributed by atoms with Crippen molar-refractivity contribution in [1.29, 1.82) is 0 Å². The van der Waals surface area contributed by atoms with Gasteiger partial charge in [0.2, 0.25) is 5.91 Å². The third-order valence-corrected chi connectivity index (χ3v) is 5.99. The number of piperidine rings is 1. The van der Waals surface area contributed by atoms with E-state index in [2.05, 4.69) is 17.1 Å². The molecule has 4 atom stereocenters. The van der Waals surface area contributed by atoms with E-state index in [9.17, 15) is 4.79 Å². The minimum absolute atomic E-state index is 0.445. The fourth-order valence-electron chi connectivity index (χ4n) is 4.66. The van der Waals surface area contributed by atoms with Crippen LogP contribution in [0.4, 0.5) is 0 Å². The van der Waals surface area contributed by atoms with E-state index in [1.165, 1.54) is 38.5 Å². The summed E-state index contributed by atoms with van der Waals surface area (Å²) in [5.41, 5.74) is 0. The summed E-state index contributed by atoms with van der Waals surface area (Å²) in [5.74, 6) is 2.79. The van der Waals surface area contributed by atoms with Gasteiger partial charge in [0.15, 0.2) is 0 Å². The van der Waals surface area contributed by atoms with Gasteiger partial charge < -0.3 is 10.2 Å². The van der Waals surface area contributed by atoms with Crippen LogP contribution in [0.25, 0.3) is 0 Å². The second-order valence-corrected chi connectivity index (χ2v) is 7.27. The Labute approximate surface area is 123 Å². The zero-order valence-electron chi connectivity index (χ0n) is 12.9. The van der Waals surface area contributed by atoms with Crippen LogP contribution in [-0.4, -0.2) is 36.5 Å². The lowest BCUT2D eigenvalue weighted by molar-refractivity contribution is -0.139. The maximum Gasteiger partial charge on any atom is 0.222 e. The fourth-order valence-corrected chi connectivity index (χ4v) is 4.66. The van der Waals surface area contributed by atoms with Crippen LogP contribution in [0, 0.1) is 17.8 Å². The molecule has 3 heteroatoms. The Morgan fingerprint density at radius 2 is 2.05 bits per heavy atom. The highest BCUT2D eigenvalue weighted by Crippen LogP contribution is 2.39. The van der Waals surface area contributed by atoms with Crippen molar-refractivity contribution in [3.8, 4) is 0 Å². The summed E-state index contributed by atoms with van der Waals surface area (Å²) >= 11 is 0. The lowest BCUT2D eigenvalue weighted by atomic mass is 9.72. The first-order valence-electron chi connectivity index (χ1n) is 8.76. The predicted molar refractivity (Wildman–Crippen MR) is 81.5 cm³/mol. The van der Waals surface area contributed by atoms with Crippen molar-refractivity contribution in [2.24, 2.45) is 17.8 Å². The SMILES string of the molecule is CC1CCN(C(=O)CCC2CCNC2)C2CCCCC12. The van der Waals surface area contributed by atoms with Crippen LogP contribution in [0.1, 0.15) is 58.3 Å². The van der Waals surface area contributed by atoms with E-state index in [0.29, 0.717) is 11.9 Å². The van der Waals surface area contributed by atoms with Crippen LogP contribution in [-0.2, 0) is 4.79 Å². The van der Waals surface area contributed by atoms with Gasteiger partial charge in [-0.3, -0.25) is 4.79 Å². The standard InChI is InChI=1S/C17H30N2O/c1-13-9-11-19(16-5-3-2-4-15(13)16)17(20)7-6-14-8-10-18-12-14/h13-16,18H,2-12H2,1H3. The second kappa shape index (κ2) is 6.46. The van der Waals surface area contributed by atoms with Crippen LogP contribution >= 0.6 is 0 Å². The number of hydrogen-bond donors (Lipinski definition) is 1. The average Bonchev–Trinajstić information content (AvgIpc) is 2.99. The highest BCUT2D eigenvalue weighted by Gasteiger charge is 2.39. The summed E-state index contributed by atoms with van der Waals surface area (Å²) in [7, 11) is 0. The number of nitrogens with zero attached hydrogens (tertiary/aromatic N) is 1. The lowest BCUT2D eigenvalue weighted by Gasteiger charge is -2.47. The van der Waals surface area contributed by atoms with Crippen LogP contribution < -0.4 is 5.32 Å². The molecule has 1 aliphatic carbocycles. The summed E-state index contributed by atoms with van der Waals surface area (Å²) in [6.07, 6.45) is 9.66. The molecule has 1 N–H and O–H groups in total. The fraction of sp³-hybridized carbons (Fsp3) is 0.941. The number of fused-ring (bicyclic) bond motifs is 1. The van der Waals surface area contributed by atoms with E-state index in [1.54, 1.807) is 0 Å². The summed E-state index contributed by atoms with van der Waals surface area (Å²) in [4.78, 5) is 14.9. The normalized spacial score (nSPS) is 37.8. The third kappa shape index (κ3) is 3.03. The number of hydrogen-bond acceptors (Lipinski definition) is 2. The molecule has 3 rings (SSSR count). The van der Waals surface area contributed by atoms with Crippen molar-refractivity contribution < 1.29 is 4.79 Å². The molecule has 114 valence electrons. The van der Waals surface area contributed by atoms with Gasteiger partial charge in [0, 0.05) is 19.0 Å². The first-order chi connectivity index (χ1) is 9.75. The molecule has 0 radical (unpaired) electrons. The molecule has 2 aliphatic heterocycles. The molecule has 4 unspecified atom stereocenters. The minimum Gasteiger partial charge on any atom is -0.339 e. The molecule has 3 aliphatic rings. The topological polar surface area (TPSA) is 32.3 Å². The molecule has 20 heavy (non-hydrogen) atoms. The first kappa shape index (κ1) is 14.4. The molecule has 3 fully saturated rings. The lowest BCUT2D eigenvalue weighted by Crippen LogP contribution is -2.52. The van der Waals surface area contributed by atoms with Crippen molar-refractivity contribution in [2.75, 3.05) is 19.6 Å². The molecular weight excluding hydrogens is 248 g/mol. The Morgan fingerprint density at radius 3 is 2.85 bits per heavy atom. The van der Waals surface area contributed by atoms with E-state index < -0.39 is 0 Å². The van der Waals surface area contributed by atoms with Gasteiger partial charge in [-0.25, -0.2) is 0 Å². The van der Waals surface area contributed by atoms with Crippen molar-refractivity contribution in [1.82, 2.24) is 10.2 Å². The molecule has 0 spiro atoms.